The third kappa shape index (κ3) is 2.59. The van der Waals surface area contributed by atoms with Gasteiger partial charge in [0, 0.05) is 0 Å². The van der Waals surface area contributed by atoms with E-state index >= 15 is 0 Å². The zero-order valence-electron chi connectivity index (χ0n) is 7.64. The fraction of sp³-hybridized carbons (Fsp3) is 0.273. The highest BCUT2D eigenvalue weighted by atomic mass is 16.3. The molecule has 13 heavy (non-hydrogen) atoms. The van der Waals surface area contributed by atoms with Gasteiger partial charge in [-0.3, -0.25) is 4.90 Å². The van der Waals surface area contributed by atoms with Crippen molar-refractivity contribution in [1.82, 2.24) is 4.90 Å². The average Bonchev–Trinajstić information content (AvgIpc) is 2.18. The maximum Gasteiger partial charge on any atom is 0.134 e. The summed E-state index contributed by atoms with van der Waals surface area (Å²) in [6, 6.07) is 9.44. The van der Waals surface area contributed by atoms with E-state index in [-0.39, 0.29) is 0 Å². The van der Waals surface area contributed by atoms with Crippen LogP contribution in [0.2, 0.25) is 0 Å². The quantitative estimate of drug-likeness (QED) is 0.552. The van der Waals surface area contributed by atoms with Crippen molar-refractivity contribution in [2.45, 2.75) is 6.23 Å². The van der Waals surface area contributed by atoms with E-state index in [9.17, 15) is 5.11 Å². The Balaban J connectivity index is 2.69. The molecule has 0 fully saturated rings. The van der Waals surface area contributed by atoms with Crippen molar-refractivity contribution in [3.05, 3.63) is 35.9 Å². The molecule has 68 valence electrons. The molecule has 0 bridgehead atoms. The highest BCUT2D eigenvalue weighted by Gasteiger charge is 2.10. The monoisotopic (exact) mass is 175 g/mol. The Bertz CT molecular complexity index is 289. The maximum absolute atomic E-state index is 9.75. The highest BCUT2D eigenvalue weighted by Crippen LogP contribution is 2.14. The minimum atomic E-state index is -0.614. The molecule has 1 aromatic carbocycles. The minimum absolute atomic E-state index is 0.441. The number of hydrogen-bond acceptors (Lipinski definition) is 2. The van der Waals surface area contributed by atoms with Gasteiger partial charge in [0.05, 0.1) is 6.54 Å². The Morgan fingerprint density at radius 2 is 2.08 bits per heavy atom. The fourth-order valence-corrected chi connectivity index (χ4v) is 1.11. The Morgan fingerprint density at radius 3 is 2.62 bits per heavy atom. The number of rotatable bonds is 3. The first-order chi connectivity index (χ1) is 6.25. The predicted molar refractivity (Wildman–Crippen MR) is 52.9 cm³/mol. The molecular weight excluding hydrogens is 162 g/mol. The molecule has 0 aromatic heterocycles. The molecular formula is C11H13NO. The van der Waals surface area contributed by atoms with Crippen molar-refractivity contribution in [3.63, 3.8) is 0 Å². The zero-order chi connectivity index (χ0) is 9.68. The predicted octanol–water partition coefficient (Wildman–Crippen LogP) is 1.24. The van der Waals surface area contributed by atoms with E-state index in [1.807, 2.05) is 30.3 Å². The van der Waals surface area contributed by atoms with Crippen molar-refractivity contribution >= 4 is 0 Å². The summed E-state index contributed by atoms with van der Waals surface area (Å²) in [6.45, 7) is 0.441. The second-order valence-electron chi connectivity index (χ2n) is 2.90. The van der Waals surface area contributed by atoms with Crippen LogP contribution in [-0.2, 0) is 0 Å². The van der Waals surface area contributed by atoms with Gasteiger partial charge in [0.15, 0.2) is 0 Å². The van der Waals surface area contributed by atoms with Crippen LogP contribution in [0.1, 0.15) is 11.8 Å². The van der Waals surface area contributed by atoms with E-state index in [1.54, 1.807) is 11.9 Å². The van der Waals surface area contributed by atoms with E-state index in [0.717, 1.165) is 5.56 Å². The molecule has 1 atom stereocenters. The van der Waals surface area contributed by atoms with Crippen LogP contribution in [0.25, 0.3) is 0 Å². The Kier molecular flexibility index (Phi) is 3.51. The summed E-state index contributed by atoms with van der Waals surface area (Å²) in [5, 5.41) is 9.75. The van der Waals surface area contributed by atoms with Gasteiger partial charge in [-0.15, -0.1) is 6.42 Å². The van der Waals surface area contributed by atoms with Gasteiger partial charge in [-0.25, -0.2) is 0 Å². The molecule has 2 heteroatoms. The van der Waals surface area contributed by atoms with E-state index in [0.29, 0.717) is 6.54 Å². The van der Waals surface area contributed by atoms with Crippen molar-refractivity contribution in [3.8, 4) is 12.3 Å². The van der Waals surface area contributed by atoms with Gasteiger partial charge in [0.2, 0.25) is 0 Å². The van der Waals surface area contributed by atoms with E-state index in [4.69, 9.17) is 6.42 Å². The molecule has 1 aromatic rings. The van der Waals surface area contributed by atoms with Gasteiger partial charge in [-0.05, 0) is 12.6 Å². The summed E-state index contributed by atoms with van der Waals surface area (Å²) in [5.74, 6) is 2.48. The Labute approximate surface area is 78.8 Å². The normalized spacial score (nSPS) is 12.5. The van der Waals surface area contributed by atoms with E-state index in [2.05, 4.69) is 5.92 Å². The van der Waals surface area contributed by atoms with Gasteiger partial charge in [0.1, 0.15) is 6.23 Å². The highest BCUT2D eigenvalue weighted by molar-refractivity contribution is 5.17. The average molecular weight is 175 g/mol. The molecule has 0 saturated carbocycles. The number of aliphatic hydroxyl groups excluding tert-OH is 1. The number of aliphatic hydroxyl groups is 1. The lowest BCUT2D eigenvalue weighted by atomic mass is 10.2. The van der Waals surface area contributed by atoms with Gasteiger partial charge in [-0.1, -0.05) is 36.3 Å². The van der Waals surface area contributed by atoms with Crippen molar-refractivity contribution in [2.75, 3.05) is 13.6 Å². The van der Waals surface area contributed by atoms with Crippen LogP contribution in [0.15, 0.2) is 30.3 Å². The maximum atomic E-state index is 9.75. The summed E-state index contributed by atoms with van der Waals surface area (Å²) in [5.41, 5.74) is 0.861. The SMILES string of the molecule is C#CCN(C)C(O)c1ccccc1. The van der Waals surface area contributed by atoms with Crippen LogP contribution in [0.5, 0.6) is 0 Å². The van der Waals surface area contributed by atoms with Crippen LogP contribution in [0.3, 0.4) is 0 Å². The molecule has 0 spiro atoms. The number of nitrogens with zero attached hydrogens (tertiary/aromatic N) is 1. The van der Waals surface area contributed by atoms with Gasteiger partial charge < -0.3 is 5.11 Å². The number of hydrogen-bond donors (Lipinski definition) is 1. The molecule has 1 unspecified atom stereocenters. The zero-order valence-corrected chi connectivity index (χ0v) is 7.64. The summed E-state index contributed by atoms with van der Waals surface area (Å²) in [7, 11) is 1.79. The van der Waals surface area contributed by atoms with Crippen LogP contribution in [0.4, 0.5) is 0 Å². The van der Waals surface area contributed by atoms with Crippen LogP contribution < -0.4 is 0 Å². The molecule has 0 aliphatic rings. The largest absolute Gasteiger partial charge is 0.374 e. The molecule has 0 saturated heterocycles. The topological polar surface area (TPSA) is 23.5 Å². The van der Waals surface area contributed by atoms with Crippen molar-refractivity contribution < 1.29 is 5.11 Å². The third-order valence-corrected chi connectivity index (χ3v) is 1.86. The summed E-state index contributed by atoms with van der Waals surface area (Å²) in [4.78, 5) is 1.70. The first-order valence-corrected chi connectivity index (χ1v) is 4.12. The van der Waals surface area contributed by atoms with Crippen molar-refractivity contribution in [1.29, 1.82) is 0 Å². The lowest BCUT2D eigenvalue weighted by Crippen LogP contribution is -2.24. The van der Waals surface area contributed by atoms with E-state index < -0.39 is 6.23 Å². The second-order valence-corrected chi connectivity index (χ2v) is 2.90. The summed E-state index contributed by atoms with van der Waals surface area (Å²) < 4.78 is 0. The van der Waals surface area contributed by atoms with Crippen LogP contribution in [-0.4, -0.2) is 23.6 Å². The van der Waals surface area contributed by atoms with E-state index in [1.165, 1.54) is 0 Å². The molecule has 2 nitrogen and oxygen atoms in total. The van der Waals surface area contributed by atoms with Crippen LogP contribution >= 0.6 is 0 Å². The molecule has 0 aliphatic heterocycles. The minimum Gasteiger partial charge on any atom is -0.374 e. The Morgan fingerprint density at radius 1 is 1.46 bits per heavy atom. The van der Waals surface area contributed by atoms with Gasteiger partial charge in [-0.2, -0.15) is 0 Å². The number of benzene rings is 1. The summed E-state index contributed by atoms with van der Waals surface area (Å²) in [6.07, 6.45) is 4.53. The molecule has 1 rings (SSSR count). The Hall–Kier alpha value is -1.30. The smallest absolute Gasteiger partial charge is 0.134 e. The first kappa shape index (κ1) is 9.79. The molecule has 0 aliphatic carbocycles. The van der Waals surface area contributed by atoms with Gasteiger partial charge in [0.25, 0.3) is 0 Å². The lowest BCUT2D eigenvalue weighted by Gasteiger charge is -2.21. The molecule has 1 N–H and O–H groups in total. The fourth-order valence-electron chi connectivity index (χ4n) is 1.11. The third-order valence-electron chi connectivity index (χ3n) is 1.86. The van der Waals surface area contributed by atoms with Crippen molar-refractivity contribution in [2.24, 2.45) is 0 Å². The first-order valence-electron chi connectivity index (χ1n) is 4.12. The standard InChI is InChI=1S/C11H13NO/c1-3-9-12(2)11(13)10-7-5-4-6-8-10/h1,4-8,11,13H,9H2,2H3. The van der Waals surface area contributed by atoms with Crippen LogP contribution in [0, 0.1) is 12.3 Å². The molecule has 0 radical (unpaired) electrons. The molecule has 0 amide bonds. The lowest BCUT2D eigenvalue weighted by molar-refractivity contribution is 0.0303. The second kappa shape index (κ2) is 4.66. The van der Waals surface area contributed by atoms with Gasteiger partial charge >= 0.3 is 0 Å². The molecule has 0 heterocycles. The number of terminal acetylenes is 1. The summed E-state index contributed by atoms with van der Waals surface area (Å²) >= 11 is 0.